The highest BCUT2D eigenvalue weighted by atomic mass is 32.2. The van der Waals surface area contributed by atoms with E-state index in [9.17, 15) is 9.59 Å². The summed E-state index contributed by atoms with van der Waals surface area (Å²) in [4.78, 5) is 27.7. The van der Waals surface area contributed by atoms with E-state index in [0.717, 1.165) is 43.3 Å². The molecule has 1 aliphatic rings. The van der Waals surface area contributed by atoms with Gasteiger partial charge in [-0.25, -0.2) is 18.7 Å². The van der Waals surface area contributed by atoms with Crippen molar-refractivity contribution in [1.29, 1.82) is 5.41 Å². The van der Waals surface area contributed by atoms with Gasteiger partial charge in [-0.05, 0) is 177 Å². The van der Waals surface area contributed by atoms with Crippen LogP contribution in [0.3, 0.4) is 0 Å². The maximum atomic E-state index is 12.9. The molecule has 0 amide bonds. The van der Waals surface area contributed by atoms with Crippen molar-refractivity contribution in [3.05, 3.63) is 0 Å². The summed E-state index contributed by atoms with van der Waals surface area (Å²) in [7, 11) is -2.36. The summed E-state index contributed by atoms with van der Waals surface area (Å²) >= 11 is 2.51. The van der Waals surface area contributed by atoms with E-state index in [1.54, 1.807) is 13.8 Å². The largest absolute Gasteiger partial charge is 0.355 e. The van der Waals surface area contributed by atoms with Crippen LogP contribution in [-0.4, -0.2) is 144 Å². The summed E-state index contributed by atoms with van der Waals surface area (Å²) in [5.41, 5.74) is 0.598. The number of carbonyl (C=O) groups is 2. The van der Waals surface area contributed by atoms with E-state index in [-0.39, 0.29) is 96.0 Å². The van der Waals surface area contributed by atoms with Crippen molar-refractivity contribution in [3.8, 4) is 0 Å². The number of nitrogens with zero attached hydrogens (tertiary/aromatic N) is 5. The van der Waals surface area contributed by atoms with Gasteiger partial charge in [-0.3, -0.25) is 14.5 Å². The number of hydrogen-bond acceptors (Lipinski definition) is 15. The predicted octanol–water partition coefficient (Wildman–Crippen LogP) is 12.6. The number of carbonyl (C=O) groups excluding carboxylic acids is 2. The van der Waals surface area contributed by atoms with Gasteiger partial charge < -0.3 is 28.7 Å². The quantitative estimate of drug-likeness (QED) is 0.0285. The van der Waals surface area contributed by atoms with E-state index in [0.29, 0.717) is 18.7 Å². The molecular formula is C48H98N6O7P2S2. The Morgan fingerprint density at radius 2 is 1.06 bits per heavy atom. The summed E-state index contributed by atoms with van der Waals surface area (Å²) in [6, 6.07) is 1.97. The van der Waals surface area contributed by atoms with E-state index < -0.39 is 22.8 Å². The normalized spacial score (nSPS) is 18.4. The zero-order valence-electron chi connectivity index (χ0n) is 44.9. The Bertz CT molecular complexity index is 1330. The van der Waals surface area contributed by atoms with E-state index >= 15 is 0 Å². The third kappa shape index (κ3) is 22.0. The van der Waals surface area contributed by atoms with E-state index in [2.05, 4.69) is 148 Å². The van der Waals surface area contributed by atoms with Gasteiger partial charge >= 0.3 is 0 Å². The van der Waals surface area contributed by atoms with Gasteiger partial charge in [0, 0.05) is 83.8 Å². The van der Waals surface area contributed by atoms with Crippen molar-refractivity contribution >= 4 is 56.4 Å². The third-order valence-corrected chi connectivity index (χ3v) is 19.9. The fraction of sp³-hybridized carbons (Fsp3) is 0.938. The molecule has 1 heterocycles. The highest BCUT2D eigenvalue weighted by Crippen LogP contribution is 2.53. The number of thioether (sulfide) groups is 2. The molecule has 1 aliphatic heterocycles. The van der Waals surface area contributed by atoms with Crippen LogP contribution in [0.1, 0.15) is 183 Å². The lowest BCUT2D eigenvalue weighted by Gasteiger charge is -2.53. The fourth-order valence-corrected chi connectivity index (χ4v) is 15.1. The van der Waals surface area contributed by atoms with Gasteiger partial charge in [0.05, 0.1) is 12.5 Å². The first kappa shape index (κ1) is 63.2. The maximum absolute atomic E-state index is 12.9. The monoisotopic (exact) mass is 997 g/mol. The second-order valence-corrected chi connectivity index (χ2v) is 26.2. The van der Waals surface area contributed by atoms with Crippen LogP contribution in [0.25, 0.3) is 0 Å². The molecule has 0 aromatic carbocycles. The van der Waals surface area contributed by atoms with Crippen LogP contribution in [0.15, 0.2) is 0 Å². The number of ether oxygens (including phenoxy) is 3. The zero-order valence-corrected chi connectivity index (χ0v) is 48.3. The van der Waals surface area contributed by atoms with Crippen LogP contribution in [0.5, 0.6) is 0 Å². The van der Waals surface area contributed by atoms with Crippen molar-refractivity contribution in [1.82, 2.24) is 23.6 Å². The Balaban J connectivity index is 2.98. The molecule has 1 saturated heterocycles. The Kier molecular flexibility index (Phi) is 30.6. The lowest BCUT2D eigenvalue weighted by molar-refractivity contribution is -0.113. The summed E-state index contributed by atoms with van der Waals surface area (Å²) in [6.45, 7) is 45.9. The molecule has 0 aromatic heterocycles. The molecule has 0 saturated carbocycles. The van der Waals surface area contributed by atoms with Gasteiger partial charge in [-0.1, -0.05) is 23.5 Å². The Morgan fingerprint density at radius 3 is 1.48 bits per heavy atom. The topological polar surface area (TPSA) is 120 Å². The van der Waals surface area contributed by atoms with E-state index in [1.165, 1.54) is 31.0 Å². The minimum absolute atomic E-state index is 0.0151. The molecule has 1 N–H and O–H groups in total. The summed E-state index contributed by atoms with van der Waals surface area (Å²) < 4.78 is 41.1. The lowest BCUT2D eigenvalue weighted by atomic mass is 9.80. The standard InChI is InChI=1S/C48H98N6O7P2S2/c1-35(2)51(36(3)4)62(60-32-57-29-22-30-64-45(55)25-28-50-47(17,18)26-21-27-48(50,19)20)53(39(9)10)41(13)23-24-42(14)54(40(11)12)63(52(37(5)6)38(7)8)61-33-58-31-59-34-65-46(56)43(15)44(16)49/h35-43,49H,21-34H2,1-20H3. The number of nitrogens with one attached hydrogen (secondary N) is 1. The van der Waals surface area contributed by atoms with Gasteiger partial charge in [-0.15, -0.1) is 0 Å². The minimum atomic E-state index is -1.20. The van der Waals surface area contributed by atoms with Crippen LogP contribution in [0, 0.1) is 11.3 Å². The zero-order chi connectivity index (χ0) is 49.8. The molecule has 65 heavy (non-hydrogen) atoms. The second-order valence-electron chi connectivity index (χ2n) is 20.7. The molecular weight excluding hydrogens is 899 g/mol. The lowest BCUT2D eigenvalue weighted by Crippen LogP contribution is -2.58. The maximum Gasteiger partial charge on any atom is 0.199 e. The van der Waals surface area contributed by atoms with Crippen LogP contribution in [0.2, 0.25) is 0 Å². The first-order valence-corrected chi connectivity index (χ1v) is 28.9. The van der Waals surface area contributed by atoms with Crippen LogP contribution in [0.4, 0.5) is 0 Å². The SMILES string of the molecule is CC(=N)C(C)C(=O)SCOCOCOP(N(C(C)C)C(C)C)N(C(C)C)C(C)CCC(C)N(C(C)C)P(OCOCCCSC(=O)CCN1C(C)(C)CCCC1(C)C)N(C(C)C)C(C)C. The van der Waals surface area contributed by atoms with Gasteiger partial charge in [0.1, 0.15) is 5.94 Å². The highest BCUT2D eigenvalue weighted by Gasteiger charge is 2.41. The van der Waals surface area contributed by atoms with Gasteiger partial charge in [-0.2, -0.15) is 0 Å². The number of piperidine rings is 1. The van der Waals surface area contributed by atoms with Crippen molar-refractivity contribution in [2.24, 2.45) is 5.92 Å². The summed E-state index contributed by atoms with van der Waals surface area (Å²) in [5.74, 6) is 0.495. The molecule has 17 heteroatoms. The molecule has 384 valence electrons. The summed E-state index contributed by atoms with van der Waals surface area (Å²) in [5, 5.41) is 7.91. The predicted molar refractivity (Wildman–Crippen MR) is 281 cm³/mol. The first-order valence-electron chi connectivity index (χ1n) is 24.6. The van der Waals surface area contributed by atoms with Gasteiger partial charge in [0.25, 0.3) is 0 Å². The molecule has 13 nitrogen and oxygen atoms in total. The molecule has 0 radical (unpaired) electrons. The molecule has 0 bridgehead atoms. The molecule has 5 atom stereocenters. The van der Waals surface area contributed by atoms with Gasteiger partial charge in [0.2, 0.25) is 0 Å². The Morgan fingerprint density at radius 1 is 0.631 bits per heavy atom. The van der Waals surface area contributed by atoms with Crippen LogP contribution in [-0.2, 0) is 32.8 Å². The summed E-state index contributed by atoms with van der Waals surface area (Å²) in [6.07, 6.45) is 6.92. The molecule has 0 spiro atoms. The van der Waals surface area contributed by atoms with E-state index in [4.69, 9.17) is 28.7 Å². The molecule has 0 aromatic rings. The molecule has 1 fully saturated rings. The molecule has 0 aliphatic carbocycles. The fourth-order valence-electron chi connectivity index (χ4n) is 9.01. The molecule has 1 rings (SSSR count). The van der Waals surface area contributed by atoms with Crippen molar-refractivity contribution in [2.75, 3.05) is 45.2 Å². The average Bonchev–Trinajstić information content (AvgIpc) is 3.17. The third-order valence-electron chi connectivity index (χ3n) is 12.1. The smallest absolute Gasteiger partial charge is 0.199 e. The highest BCUT2D eigenvalue weighted by molar-refractivity contribution is 8.13. The molecule has 5 unspecified atom stereocenters. The second kappa shape index (κ2) is 31.5. The minimum Gasteiger partial charge on any atom is -0.355 e. The van der Waals surface area contributed by atoms with Crippen LogP contribution >= 0.6 is 40.4 Å². The number of rotatable bonds is 34. The average molecular weight is 997 g/mol. The van der Waals surface area contributed by atoms with E-state index in [1.807, 2.05) is 0 Å². The Hall–Kier alpha value is 0.170. The number of hydrogen-bond donors (Lipinski definition) is 1. The Labute approximate surface area is 410 Å². The van der Waals surface area contributed by atoms with Crippen molar-refractivity contribution < 1.29 is 32.8 Å². The van der Waals surface area contributed by atoms with Gasteiger partial charge in [0.15, 0.2) is 47.5 Å². The number of likely N-dealkylation sites (tertiary alicyclic amines) is 1. The van der Waals surface area contributed by atoms with Crippen molar-refractivity contribution in [3.63, 3.8) is 0 Å². The van der Waals surface area contributed by atoms with Crippen molar-refractivity contribution in [2.45, 2.75) is 243 Å². The first-order chi connectivity index (χ1) is 30.2. The van der Waals surface area contributed by atoms with Crippen LogP contribution < -0.4 is 0 Å².